The number of nitrogens with zero attached hydrogens (tertiary/aromatic N) is 3. The van der Waals surface area contributed by atoms with E-state index in [0.29, 0.717) is 4.75 Å². The molecule has 134 valence electrons. The molecule has 2 heterocycles. The first-order chi connectivity index (χ1) is 12.2. The van der Waals surface area contributed by atoms with Gasteiger partial charge in [-0.3, -0.25) is 4.99 Å². The molecule has 1 aromatic carbocycles. The van der Waals surface area contributed by atoms with E-state index in [2.05, 4.69) is 57.7 Å². The maximum Gasteiger partial charge on any atom is 0.191 e. The molecule has 1 aliphatic rings. The standard InChI is InChI=1S/C19H27N5S/c1-19(10-6-12-25-19)15-22-18(20-2)21-11-9-16-13-23-24(14-16)17-7-4-3-5-8-17/h3-5,7-8,13-14H,6,9-12,15H2,1-2H3,(H2,20,21,22). The number of aliphatic imine (C=N–C) groups is 1. The summed E-state index contributed by atoms with van der Waals surface area (Å²) in [7, 11) is 1.83. The molecule has 1 aromatic heterocycles. The summed E-state index contributed by atoms with van der Waals surface area (Å²) in [6, 6.07) is 10.2. The lowest BCUT2D eigenvalue weighted by atomic mass is 10.1. The van der Waals surface area contributed by atoms with Crippen LogP contribution in [-0.2, 0) is 6.42 Å². The van der Waals surface area contributed by atoms with Crippen LogP contribution in [0.4, 0.5) is 0 Å². The van der Waals surface area contributed by atoms with Crippen LogP contribution in [0, 0.1) is 0 Å². The second-order valence-electron chi connectivity index (χ2n) is 6.63. The van der Waals surface area contributed by atoms with Crippen LogP contribution in [0.15, 0.2) is 47.7 Å². The van der Waals surface area contributed by atoms with E-state index in [0.717, 1.165) is 31.2 Å². The number of benzene rings is 1. The van der Waals surface area contributed by atoms with Crippen molar-refractivity contribution in [3.05, 3.63) is 48.3 Å². The molecule has 0 aliphatic carbocycles. The van der Waals surface area contributed by atoms with Crippen LogP contribution < -0.4 is 10.6 Å². The van der Waals surface area contributed by atoms with Gasteiger partial charge in [-0.15, -0.1) is 0 Å². The molecule has 1 atom stereocenters. The summed E-state index contributed by atoms with van der Waals surface area (Å²) in [5.41, 5.74) is 2.30. The number of para-hydroxylation sites is 1. The second kappa shape index (κ2) is 8.43. The molecular formula is C19H27N5S. The lowest BCUT2D eigenvalue weighted by Crippen LogP contribution is -2.44. The number of guanidine groups is 1. The van der Waals surface area contributed by atoms with Crippen molar-refractivity contribution in [2.45, 2.75) is 30.9 Å². The first kappa shape index (κ1) is 17.9. The van der Waals surface area contributed by atoms with Crippen molar-refractivity contribution in [1.29, 1.82) is 0 Å². The van der Waals surface area contributed by atoms with Crippen LogP contribution in [0.25, 0.3) is 5.69 Å². The summed E-state index contributed by atoms with van der Waals surface area (Å²) in [6.45, 7) is 4.14. The van der Waals surface area contributed by atoms with Gasteiger partial charge in [0.05, 0.1) is 11.9 Å². The van der Waals surface area contributed by atoms with Crippen LogP contribution in [0.1, 0.15) is 25.3 Å². The molecule has 2 aromatic rings. The van der Waals surface area contributed by atoms with Crippen molar-refractivity contribution in [2.24, 2.45) is 4.99 Å². The Labute approximate surface area is 154 Å². The average Bonchev–Trinajstić information content (AvgIpc) is 3.28. The molecule has 1 unspecified atom stereocenters. The average molecular weight is 358 g/mol. The molecule has 1 aliphatic heterocycles. The molecule has 3 rings (SSSR count). The lowest BCUT2D eigenvalue weighted by Gasteiger charge is -2.24. The largest absolute Gasteiger partial charge is 0.356 e. The van der Waals surface area contributed by atoms with Gasteiger partial charge in [0.2, 0.25) is 0 Å². The third kappa shape index (κ3) is 5.01. The van der Waals surface area contributed by atoms with Gasteiger partial charge < -0.3 is 10.6 Å². The number of aromatic nitrogens is 2. The molecule has 1 fully saturated rings. The Morgan fingerprint density at radius 1 is 1.32 bits per heavy atom. The van der Waals surface area contributed by atoms with E-state index in [1.54, 1.807) is 0 Å². The fourth-order valence-corrected chi connectivity index (χ4v) is 4.25. The zero-order chi connectivity index (χ0) is 17.5. The van der Waals surface area contributed by atoms with Gasteiger partial charge in [-0.25, -0.2) is 4.68 Å². The Morgan fingerprint density at radius 2 is 2.16 bits per heavy atom. The molecule has 0 amide bonds. The summed E-state index contributed by atoms with van der Waals surface area (Å²) in [6.07, 6.45) is 7.53. The normalized spacial score (nSPS) is 20.6. The van der Waals surface area contributed by atoms with Gasteiger partial charge in [0.1, 0.15) is 0 Å². The predicted octanol–water partition coefficient (Wildman–Crippen LogP) is 2.87. The van der Waals surface area contributed by atoms with Crippen molar-refractivity contribution in [2.75, 3.05) is 25.9 Å². The minimum Gasteiger partial charge on any atom is -0.356 e. The first-order valence-electron chi connectivity index (χ1n) is 8.86. The van der Waals surface area contributed by atoms with Gasteiger partial charge in [-0.05, 0) is 49.6 Å². The van der Waals surface area contributed by atoms with Gasteiger partial charge in [0.15, 0.2) is 5.96 Å². The van der Waals surface area contributed by atoms with E-state index in [1.165, 1.54) is 24.2 Å². The van der Waals surface area contributed by atoms with Gasteiger partial charge in [-0.2, -0.15) is 16.9 Å². The Hall–Kier alpha value is -1.95. The highest BCUT2D eigenvalue weighted by Crippen LogP contribution is 2.36. The number of thioether (sulfide) groups is 1. The highest BCUT2D eigenvalue weighted by atomic mass is 32.2. The van der Waals surface area contributed by atoms with Crippen molar-refractivity contribution < 1.29 is 0 Å². The van der Waals surface area contributed by atoms with Crippen molar-refractivity contribution >= 4 is 17.7 Å². The van der Waals surface area contributed by atoms with Gasteiger partial charge in [0.25, 0.3) is 0 Å². The molecule has 0 bridgehead atoms. The van der Waals surface area contributed by atoms with Crippen LogP contribution in [0.5, 0.6) is 0 Å². The summed E-state index contributed by atoms with van der Waals surface area (Å²) in [4.78, 5) is 4.33. The topological polar surface area (TPSA) is 54.2 Å². The van der Waals surface area contributed by atoms with E-state index >= 15 is 0 Å². The Bertz CT molecular complexity index is 689. The Kier molecular flexibility index (Phi) is 6.02. The third-order valence-corrected chi connectivity index (χ3v) is 6.05. The predicted molar refractivity (Wildman–Crippen MR) is 107 cm³/mol. The quantitative estimate of drug-likeness (QED) is 0.617. The van der Waals surface area contributed by atoms with Crippen LogP contribution in [0.3, 0.4) is 0 Å². The van der Waals surface area contributed by atoms with Gasteiger partial charge in [0, 0.05) is 31.1 Å². The minimum atomic E-state index is 0.342. The molecule has 25 heavy (non-hydrogen) atoms. The SMILES string of the molecule is CN=C(NCCc1cnn(-c2ccccc2)c1)NCC1(C)CCCS1. The lowest BCUT2D eigenvalue weighted by molar-refractivity contribution is 0.584. The summed E-state index contributed by atoms with van der Waals surface area (Å²) in [5, 5.41) is 11.3. The minimum absolute atomic E-state index is 0.342. The van der Waals surface area contributed by atoms with Crippen molar-refractivity contribution in [3.63, 3.8) is 0 Å². The van der Waals surface area contributed by atoms with Crippen LogP contribution in [0.2, 0.25) is 0 Å². The molecule has 1 saturated heterocycles. The van der Waals surface area contributed by atoms with Crippen LogP contribution in [-0.4, -0.2) is 46.4 Å². The maximum absolute atomic E-state index is 4.44. The summed E-state index contributed by atoms with van der Waals surface area (Å²) < 4.78 is 2.26. The van der Waals surface area contributed by atoms with E-state index in [-0.39, 0.29) is 0 Å². The Morgan fingerprint density at radius 3 is 2.88 bits per heavy atom. The fraction of sp³-hybridized carbons (Fsp3) is 0.474. The van der Waals surface area contributed by atoms with E-state index in [1.807, 2.05) is 36.1 Å². The van der Waals surface area contributed by atoms with Gasteiger partial charge >= 0.3 is 0 Å². The highest BCUT2D eigenvalue weighted by Gasteiger charge is 2.29. The fourth-order valence-electron chi connectivity index (χ4n) is 3.00. The van der Waals surface area contributed by atoms with Gasteiger partial charge in [-0.1, -0.05) is 18.2 Å². The number of rotatable bonds is 6. The maximum atomic E-state index is 4.44. The summed E-state index contributed by atoms with van der Waals surface area (Å²) >= 11 is 2.06. The zero-order valence-electron chi connectivity index (χ0n) is 15.0. The van der Waals surface area contributed by atoms with E-state index < -0.39 is 0 Å². The van der Waals surface area contributed by atoms with E-state index in [4.69, 9.17) is 0 Å². The molecule has 6 heteroatoms. The molecule has 0 radical (unpaired) electrons. The van der Waals surface area contributed by atoms with Crippen molar-refractivity contribution in [3.8, 4) is 5.69 Å². The second-order valence-corrected chi connectivity index (χ2v) is 8.32. The Balaban J connectivity index is 1.44. The molecule has 0 spiro atoms. The molecule has 2 N–H and O–H groups in total. The number of hydrogen-bond donors (Lipinski definition) is 2. The van der Waals surface area contributed by atoms with Crippen LogP contribution >= 0.6 is 11.8 Å². The number of nitrogens with one attached hydrogen (secondary N) is 2. The molecule has 5 nitrogen and oxygen atoms in total. The summed E-state index contributed by atoms with van der Waals surface area (Å²) in [5.74, 6) is 2.15. The highest BCUT2D eigenvalue weighted by molar-refractivity contribution is 8.00. The monoisotopic (exact) mass is 357 g/mol. The molecular weight excluding hydrogens is 330 g/mol. The number of hydrogen-bond acceptors (Lipinski definition) is 3. The molecule has 0 saturated carbocycles. The van der Waals surface area contributed by atoms with E-state index in [9.17, 15) is 0 Å². The first-order valence-corrected chi connectivity index (χ1v) is 9.85. The smallest absolute Gasteiger partial charge is 0.191 e. The third-order valence-electron chi connectivity index (χ3n) is 4.52. The zero-order valence-corrected chi connectivity index (χ0v) is 15.9. The van der Waals surface area contributed by atoms with Crippen molar-refractivity contribution in [1.82, 2.24) is 20.4 Å².